The maximum absolute atomic E-state index is 12.2. The molecule has 1 amide bonds. The molecule has 1 aliphatic rings. The minimum atomic E-state index is -3.50. The third kappa shape index (κ3) is 4.54. The maximum atomic E-state index is 12.2. The second-order valence-electron chi connectivity index (χ2n) is 5.90. The largest absolute Gasteiger partial charge is 0.481 e. The van der Waals surface area contributed by atoms with Crippen LogP contribution in [-0.2, 0) is 19.4 Å². The van der Waals surface area contributed by atoms with E-state index in [2.05, 4.69) is 0 Å². The first-order valence-corrected chi connectivity index (χ1v) is 9.25. The molecule has 1 aromatic carbocycles. The number of carbonyl (C=O) groups excluding carboxylic acids is 1. The number of nitrogens with zero attached hydrogens (tertiary/aromatic N) is 1. The van der Waals surface area contributed by atoms with E-state index < -0.39 is 21.7 Å². The summed E-state index contributed by atoms with van der Waals surface area (Å²) in [6, 6.07) is 6.51. The molecule has 1 atom stereocenters. The molecule has 0 aromatic heterocycles. The second-order valence-corrected chi connectivity index (χ2v) is 8.01. The predicted octanol–water partition coefficient (Wildman–Crippen LogP) is 1.48. The first kappa shape index (κ1) is 17.5. The highest BCUT2D eigenvalue weighted by Gasteiger charge is 2.28. The van der Waals surface area contributed by atoms with Gasteiger partial charge in [0.1, 0.15) is 0 Å². The average molecular weight is 339 g/mol. The molecule has 126 valence electrons. The van der Waals surface area contributed by atoms with Crippen LogP contribution in [0.25, 0.3) is 0 Å². The van der Waals surface area contributed by atoms with Crippen LogP contribution >= 0.6 is 0 Å². The Kier molecular flexibility index (Phi) is 5.41. The number of hydrogen-bond donors (Lipinski definition) is 1. The number of carboxylic acid groups (broad SMARTS) is 1. The molecule has 2 rings (SSSR count). The molecular weight excluding hydrogens is 318 g/mol. The van der Waals surface area contributed by atoms with Gasteiger partial charge >= 0.3 is 5.97 Å². The number of amides is 1. The zero-order valence-corrected chi connectivity index (χ0v) is 13.9. The summed E-state index contributed by atoms with van der Waals surface area (Å²) in [7, 11) is -3.50. The van der Waals surface area contributed by atoms with E-state index in [1.807, 2.05) is 6.92 Å². The Bertz CT molecular complexity index is 681. The topological polar surface area (TPSA) is 91.8 Å². The van der Waals surface area contributed by atoms with Crippen LogP contribution in [0.5, 0.6) is 0 Å². The highest BCUT2D eigenvalue weighted by molar-refractivity contribution is 7.91. The van der Waals surface area contributed by atoms with E-state index in [0.717, 1.165) is 5.56 Å². The minimum absolute atomic E-state index is 0.122. The van der Waals surface area contributed by atoms with E-state index in [1.165, 1.54) is 17.0 Å². The van der Waals surface area contributed by atoms with Crippen molar-refractivity contribution in [2.24, 2.45) is 5.92 Å². The van der Waals surface area contributed by atoms with Gasteiger partial charge in [-0.1, -0.05) is 17.7 Å². The summed E-state index contributed by atoms with van der Waals surface area (Å²) in [5.74, 6) is -2.02. The lowest BCUT2D eigenvalue weighted by Crippen LogP contribution is -2.42. The third-order valence-corrected chi connectivity index (χ3v) is 5.82. The van der Waals surface area contributed by atoms with Gasteiger partial charge in [0, 0.05) is 19.5 Å². The number of sulfone groups is 1. The number of piperidine rings is 1. The van der Waals surface area contributed by atoms with Crippen LogP contribution in [0.2, 0.25) is 0 Å². The molecule has 1 aliphatic heterocycles. The molecule has 1 N–H and O–H groups in total. The molecule has 0 unspecified atom stereocenters. The molecule has 23 heavy (non-hydrogen) atoms. The normalized spacial score (nSPS) is 18.7. The Morgan fingerprint density at radius 2 is 1.91 bits per heavy atom. The monoisotopic (exact) mass is 339 g/mol. The van der Waals surface area contributed by atoms with Gasteiger partial charge in [0.25, 0.3) is 0 Å². The number of aliphatic carboxylic acids is 1. The molecular formula is C16H21NO5S. The van der Waals surface area contributed by atoms with Gasteiger partial charge in [0.15, 0.2) is 9.84 Å². The van der Waals surface area contributed by atoms with Gasteiger partial charge in [0.2, 0.25) is 5.91 Å². The van der Waals surface area contributed by atoms with Crippen molar-refractivity contribution in [2.75, 3.05) is 18.8 Å². The highest BCUT2D eigenvalue weighted by atomic mass is 32.2. The summed E-state index contributed by atoms with van der Waals surface area (Å²) in [4.78, 5) is 24.9. The Hall–Kier alpha value is -1.89. The zero-order valence-electron chi connectivity index (χ0n) is 13.1. The molecule has 0 spiro atoms. The zero-order chi connectivity index (χ0) is 17.0. The first-order chi connectivity index (χ1) is 10.8. The number of rotatable bonds is 5. The lowest BCUT2D eigenvalue weighted by Gasteiger charge is -2.30. The van der Waals surface area contributed by atoms with E-state index in [-0.39, 0.29) is 29.5 Å². The van der Waals surface area contributed by atoms with Crippen molar-refractivity contribution in [1.29, 1.82) is 0 Å². The fourth-order valence-electron chi connectivity index (χ4n) is 2.65. The summed E-state index contributed by atoms with van der Waals surface area (Å²) in [6.07, 6.45) is 1.07. The maximum Gasteiger partial charge on any atom is 0.308 e. The van der Waals surface area contributed by atoms with Gasteiger partial charge < -0.3 is 10.0 Å². The Morgan fingerprint density at radius 1 is 1.26 bits per heavy atom. The van der Waals surface area contributed by atoms with Gasteiger partial charge in [-0.25, -0.2) is 8.42 Å². The van der Waals surface area contributed by atoms with E-state index in [9.17, 15) is 18.0 Å². The van der Waals surface area contributed by atoms with Gasteiger partial charge in [-0.3, -0.25) is 9.59 Å². The molecule has 6 nitrogen and oxygen atoms in total. The van der Waals surface area contributed by atoms with Crippen molar-refractivity contribution < 1.29 is 23.1 Å². The van der Waals surface area contributed by atoms with E-state index in [4.69, 9.17) is 5.11 Å². The van der Waals surface area contributed by atoms with Crippen LogP contribution in [0.1, 0.15) is 24.8 Å². The Balaban J connectivity index is 1.95. The van der Waals surface area contributed by atoms with Crippen LogP contribution < -0.4 is 0 Å². The van der Waals surface area contributed by atoms with Crippen LogP contribution in [0.15, 0.2) is 29.2 Å². The Morgan fingerprint density at radius 3 is 2.52 bits per heavy atom. The van der Waals surface area contributed by atoms with Crippen LogP contribution in [0.3, 0.4) is 0 Å². The number of hydrogen-bond acceptors (Lipinski definition) is 4. The molecule has 1 fully saturated rings. The first-order valence-electron chi connectivity index (χ1n) is 7.59. The summed E-state index contributed by atoms with van der Waals surface area (Å²) < 4.78 is 24.5. The lowest BCUT2D eigenvalue weighted by atomic mass is 9.98. The van der Waals surface area contributed by atoms with Gasteiger partial charge in [0.05, 0.1) is 16.6 Å². The minimum Gasteiger partial charge on any atom is -0.481 e. The molecule has 0 radical (unpaired) electrons. The van der Waals surface area contributed by atoms with Crippen molar-refractivity contribution >= 4 is 21.7 Å². The highest BCUT2D eigenvalue weighted by Crippen LogP contribution is 2.18. The summed E-state index contributed by atoms with van der Waals surface area (Å²) in [5.41, 5.74) is 0.966. The second kappa shape index (κ2) is 7.12. The van der Waals surface area contributed by atoms with Crippen LogP contribution in [0.4, 0.5) is 0 Å². The van der Waals surface area contributed by atoms with Crippen molar-refractivity contribution in [3.63, 3.8) is 0 Å². The number of benzene rings is 1. The summed E-state index contributed by atoms with van der Waals surface area (Å²) in [6.45, 7) is 2.53. The van der Waals surface area contributed by atoms with Crippen molar-refractivity contribution in [3.05, 3.63) is 29.8 Å². The number of carboxylic acids is 1. The standard InChI is InChI=1S/C16H21NO5S/c1-12-4-6-14(7-5-12)23(21,22)10-8-15(18)17-9-2-3-13(11-17)16(19)20/h4-7,13H,2-3,8-11H2,1H3,(H,19,20)/t13-/m0/s1. The molecule has 1 aromatic rings. The van der Waals surface area contributed by atoms with Crippen molar-refractivity contribution in [1.82, 2.24) is 4.90 Å². The van der Waals surface area contributed by atoms with Gasteiger partial charge in [-0.15, -0.1) is 0 Å². The van der Waals surface area contributed by atoms with Gasteiger partial charge in [-0.2, -0.15) is 0 Å². The number of aryl methyl sites for hydroxylation is 1. The smallest absolute Gasteiger partial charge is 0.308 e. The molecule has 0 aliphatic carbocycles. The number of likely N-dealkylation sites (tertiary alicyclic amines) is 1. The van der Waals surface area contributed by atoms with Crippen molar-refractivity contribution in [2.45, 2.75) is 31.1 Å². The summed E-state index contributed by atoms with van der Waals surface area (Å²) in [5, 5.41) is 9.03. The quantitative estimate of drug-likeness (QED) is 0.877. The van der Waals surface area contributed by atoms with E-state index in [1.54, 1.807) is 12.1 Å². The Labute approximate surface area is 136 Å². The molecule has 0 bridgehead atoms. The van der Waals surface area contributed by atoms with Crippen LogP contribution in [-0.4, -0.2) is 49.1 Å². The molecule has 7 heteroatoms. The third-order valence-electron chi connectivity index (χ3n) is 4.09. The molecule has 1 heterocycles. The fraction of sp³-hybridized carbons (Fsp3) is 0.500. The average Bonchev–Trinajstić information content (AvgIpc) is 2.53. The molecule has 1 saturated heterocycles. The number of carbonyl (C=O) groups is 2. The fourth-order valence-corrected chi connectivity index (χ4v) is 3.88. The lowest BCUT2D eigenvalue weighted by molar-refractivity contribution is -0.145. The van der Waals surface area contributed by atoms with Crippen molar-refractivity contribution in [3.8, 4) is 0 Å². The van der Waals surface area contributed by atoms with Crippen LogP contribution in [0, 0.1) is 12.8 Å². The van der Waals surface area contributed by atoms with E-state index >= 15 is 0 Å². The van der Waals surface area contributed by atoms with Gasteiger partial charge in [-0.05, 0) is 31.9 Å². The SMILES string of the molecule is Cc1ccc(S(=O)(=O)CCC(=O)N2CCC[C@H](C(=O)O)C2)cc1. The summed E-state index contributed by atoms with van der Waals surface area (Å²) >= 11 is 0. The predicted molar refractivity (Wildman–Crippen MR) is 84.8 cm³/mol. The molecule has 0 saturated carbocycles. The van der Waals surface area contributed by atoms with E-state index in [0.29, 0.717) is 19.4 Å².